The van der Waals surface area contributed by atoms with Gasteiger partial charge in [-0.15, -0.1) is 5.73 Å². The number of hydrogen-bond acceptors (Lipinski definition) is 6. The predicted molar refractivity (Wildman–Crippen MR) is 82.6 cm³/mol. The van der Waals surface area contributed by atoms with Gasteiger partial charge in [0.15, 0.2) is 0 Å². The van der Waals surface area contributed by atoms with Gasteiger partial charge in [0.25, 0.3) is 0 Å². The van der Waals surface area contributed by atoms with E-state index in [1.54, 1.807) is 0 Å². The third-order valence-corrected chi connectivity index (χ3v) is 1.57. The first-order chi connectivity index (χ1) is 9.98. The van der Waals surface area contributed by atoms with Crippen LogP contribution < -0.4 is 15.3 Å². The molecule has 1 rings (SSSR count). The molecule has 0 aromatic carbocycles. The van der Waals surface area contributed by atoms with Gasteiger partial charge in [0, 0.05) is 45.2 Å². The summed E-state index contributed by atoms with van der Waals surface area (Å²) in [6.07, 6.45) is 8.61. The maximum atomic E-state index is 8.89. The molecule has 1 aliphatic carbocycles. The zero-order valence-electron chi connectivity index (χ0n) is 14.2. The zero-order valence-corrected chi connectivity index (χ0v) is 18.1. The molecule has 0 atom stereocenters. The summed E-state index contributed by atoms with van der Waals surface area (Å²) >= 11 is 0. The van der Waals surface area contributed by atoms with Crippen molar-refractivity contribution in [1.82, 2.24) is 0 Å². The van der Waals surface area contributed by atoms with E-state index in [-0.39, 0.29) is 27.3 Å². The molecule has 1 aliphatic rings. The Kier molecular flexibility index (Phi) is 26.5. The van der Waals surface area contributed by atoms with Gasteiger partial charge < -0.3 is 29.7 Å². The van der Waals surface area contributed by atoms with Crippen LogP contribution in [0.4, 0.5) is 0 Å². The molecule has 0 saturated carbocycles. The zero-order chi connectivity index (χ0) is 18.1. The molecule has 0 spiro atoms. The van der Waals surface area contributed by atoms with Gasteiger partial charge in [-0.3, -0.25) is 0 Å². The fourth-order valence-corrected chi connectivity index (χ4v) is 1.17. The minimum absolute atomic E-state index is 0. The molecule has 0 aromatic rings. The Labute approximate surface area is 157 Å². The smallest absolute Gasteiger partial charge is 0.0383 e. The number of rotatable bonds is 2. The standard InChI is InChI=1S/C10H14.3C2H4O2.Pb/c1-9(2)8-10-6-4-3-5-7-10;3*1-2(3)4;/h4-6,9H,7-8H2,1-2H3;3*1H3,(H,3,4);/p-3. The second kappa shape index (κ2) is 20.6. The number of carboxylic acids is 3. The first-order valence-corrected chi connectivity index (χ1v) is 6.60. The van der Waals surface area contributed by atoms with E-state index in [1.165, 1.54) is 12.0 Å². The summed E-state index contributed by atoms with van der Waals surface area (Å²) in [4.78, 5) is 26.7. The Morgan fingerprint density at radius 2 is 1.39 bits per heavy atom. The molecular weight excluding hydrogens is 495 g/mol. The summed E-state index contributed by atoms with van der Waals surface area (Å²) in [6, 6.07) is 0. The molecule has 0 N–H and O–H groups in total. The van der Waals surface area contributed by atoms with Crippen molar-refractivity contribution in [3.8, 4) is 0 Å². The first kappa shape index (κ1) is 29.6. The monoisotopic (exact) mass is 519 g/mol. The molecule has 0 aliphatic heterocycles. The van der Waals surface area contributed by atoms with E-state index in [0.717, 1.165) is 33.1 Å². The largest absolute Gasteiger partial charge is 0.550 e. The molecule has 130 valence electrons. The molecule has 6 nitrogen and oxygen atoms in total. The van der Waals surface area contributed by atoms with Crippen molar-refractivity contribution in [2.24, 2.45) is 5.92 Å². The van der Waals surface area contributed by atoms with Crippen LogP contribution in [0.5, 0.6) is 0 Å². The van der Waals surface area contributed by atoms with Gasteiger partial charge in [0.1, 0.15) is 0 Å². The number of carbonyl (C=O) groups is 3. The molecule has 4 radical (unpaired) electrons. The fourth-order valence-electron chi connectivity index (χ4n) is 1.17. The number of carboxylic acid groups (broad SMARTS) is 3. The van der Waals surface area contributed by atoms with Gasteiger partial charge in [-0.25, -0.2) is 0 Å². The third kappa shape index (κ3) is 63.4. The van der Waals surface area contributed by atoms with Crippen LogP contribution in [0.3, 0.4) is 0 Å². The summed E-state index contributed by atoms with van der Waals surface area (Å²) in [5.41, 5.74) is 4.60. The van der Waals surface area contributed by atoms with Crippen LogP contribution in [-0.2, 0) is 14.4 Å². The predicted octanol–water partition coefficient (Wildman–Crippen LogP) is -1.04. The van der Waals surface area contributed by atoms with Crippen molar-refractivity contribution < 1.29 is 29.7 Å². The van der Waals surface area contributed by atoms with Crippen molar-refractivity contribution in [2.75, 3.05) is 0 Å². The van der Waals surface area contributed by atoms with Crippen molar-refractivity contribution >= 4 is 45.2 Å². The Bertz CT molecular complexity index is 391. The van der Waals surface area contributed by atoms with Crippen molar-refractivity contribution in [3.05, 3.63) is 29.5 Å². The Balaban J connectivity index is -0.000000118. The average Bonchev–Trinajstić information content (AvgIpc) is 2.26. The second-order valence-electron chi connectivity index (χ2n) is 4.64. The number of carbonyl (C=O) groups excluding carboxylic acids is 3. The van der Waals surface area contributed by atoms with Crippen LogP contribution in [-0.4, -0.2) is 45.2 Å². The van der Waals surface area contributed by atoms with E-state index in [0.29, 0.717) is 0 Å². The van der Waals surface area contributed by atoms with E-state index in [9.17, 15) is 0 Å². The topological polar surface area (TPSA) is 120 Å². The maximum Gasteiger partial charge on any atom is 0.0383 e. The summed E-state index contributed by atoms with van der Waals surface area (Å²) in [5, 5.41) is 26.7. The number of hydrogen-bond donors (Lipinski definition) is 0. The van der Waals surface area contributed by atoms with Crippen LogP contribution >= 0.6 is 0 Å². The summed E-state index contributed by atoms with van der Waals surface area (Å²) in [6.45, 7) is 7.42. The second-order valence-corrected chi connectivity index (χ2v) is 4.64. The Morgan fingerprint density at radius 3 is 1.61 bits per heavy atom. The molecule has 0 amide bonds. The van der Waals surface area contributed by atoms with Crippen molar-refractivity contribution in [1.29, 1.82) is 0 Å². The molecule has 7 heteroatoms. The van der Waals surface area contributed by atoms with E-state index >= 15 is 0 Å². The molecule has 0 fully saturated rings. The number of aliphatic carboxylic acids is 3. The summed E-state index contributed by atoms with van der Waals surface area (Å²) < 4.78 is 0. The van der Waals surface area contributed by atoms with E-state index in [4.69, 9.17) is 29.7 Å². The third-order valence-electron chi connectivity index (χ3n) is 1.57. The SMILES string of the molecule is CC(=O)[O-].CC(=O)[O-].CC(=O)[O-].CC(C)CC1=CC=C=CC1.[Pb]. The number of allylic oxidation sites excluding steroid dienone is 3. The molecule has 0 bridgehead atoms. The average molecular weight is 519 g/mol. The first-order valence-electron chi connectivity index (χ1n) is 6.60. The molecule has 0 aromatic heterocycles. The molecular formula is C16H23O6Pb-3. The molecule has 0 saturated heterocycles. The van der Waals surface area contributed by atoms with Crippen molar-refractivity contribution in [3.63, 3.8) is 0 Å². The molecule has 0 heterocycles. The van der Waals surface area contributed by atoms with Gasteiger partial charge >= 0.3 is 0 Å². The van der Waals surface area contributed by atoms with Crippen LogP contribution in [0, 0.1) is 5.92 Å². The quantitative estimate of drug-likeness (QED) is 0.340. The normalized spacial score (nSPS) is 10.3. The Morgan fingerprint density at radius 1 is 1.04 bits per heavy atom. The van der Waals surface area contributed by atoms with Gasteiger partial charge in [-0.1, -0.05) is 25.5 Å². The summed E-state index contributed by atoms with van der Waals surface area (Å²) in [5.74, 6) is -2.47. The summed E-state index contributed by atoms with van der Waals surface area (Å²) in [7, 11) is 0. The van der Waals surface area contributed by atoms with Crippen LogP contribution in [0.15, 0.2) is 29.5 Å². The van der Waals surface area contributed by atoms with Gasteiger partial charge in [-0.2, -0.15) is 0 Å². The van der Waals surface area contributed by atoms with E-state index in [2.05, 4.69) is 31.7 Å². The van der Waals surface area contributed by atoms with Gasteiger partial charge in [0.2, 0.25) is 0 Å². The van der Waals surface area contributed by atoms with Crippen LogP contribution in [0.25, 0.3) is 0 Å². The molecule has 23 heavy (non-hydrogen) atoms. The van der Waals surface area contributed by atoms with E-state index in [1.807, 2.05) is 6.08 Å². The van der Waals surface area contributed by atoms with Gasteiger partial charge in [-0.05, 0) is 51.7 Å². The van der Waals surface area contributed by atoms with Gasteiger partial charge in [0.05, 0.1) is 0 Å². The maximum absolute atomic E-state index is 8.89. The van der Waals surface area contributed by atoms with Crippen LogP contribution in [0.2, 0.25) is 0 Å². The van der Waals surface area contributed by atoms with Crippen molar-refractivity contribution in [2.45, 2.75) is 47.5 Å². The minimum Gasteiger partial charge on any atom is -0.550 e. The molecule has 0 unspecified atom stereocenters. The van der Waals surface area contributed by atoms with Crippen LogP contribution in [0.1, 0.15) is 47.5 Å². The van der Waals surface area contributed by atoms with E-state index < -0.39 is 17.9 Å². The minimum atomic E-state index is -1.08. The Hall–Kier alpha value is -1.41. The fraction of sp³-hybridized carbons (Fsp3) is 0.500.